The van der Waals surface area contributed by atoms with Gasteiger partial charge in [-0.1, -0.05) is 32.6 Å². The average molecular weight is 945 g/mol. The fourth-order valence-electron chi connectivity index (χ4n) is 5.55. The summed E-state index contributed by atoms with van der Waals surface area (Å²) in [5.41, 5.74) is -0.236. The lowest BCUT2D eigenvalue weighted by Crippen LogP contribution is -2.44. The van der Waals surface area contributed by atoms with Crippen molar-refractivity contribution in [1.29, 1.82) is 0 Å². The normalized spacial score (nSPS) is 13.3. The molecule has 1 heterocycles. The first-order valence-corrected chi connectivity index (χ1v) is 22.0. The van der Waals surface area contributed by atoms with Gasteiger partial charge in [-0.05, 0) is 32.1 Å². The highest BCUT2D eigenvalue weighted by atomic mass is 32.2. The number of nitrogens with one attached hydrogen (secondary N) is 7. The van der Waals surface area contributed by atoms with E-state index in [9.17, 15) is 51.9 Å². The molecule has 0 bridgehead atoms. The van der Waals surface area contributed by atoms with Crippen molar-refractivity contribution < 1.29 is 75.9 Å². The molecule has 364 valence electrons. The summed E-state index contributed by atoms with van der Waals surface area (Å²) < 4.78 is 48.1. The van der Waals surface area contributed by atoms with E-state index in [-0.39, 0.29) is 103 Å². The van der Waals surface area contributed by atoms with E-state index < -0.39 is 87.5 Å². The number of carbonyl (C=O) groups is 8. The summed E-state index contributed by atoms with van der Waals surface area (Å²) in [6, 6.07) is -2.46. The number of aldehydes is 1. The Bertz CT molecular complexity index is 1820. The SMILES string of the molecule is [B]C(C)(CC(C)(C)c1nn[nH]n1)C(=O)NS(=O)(=O)CCCC(=C)NCCOCCOCC(=O)NC(CCC(=O)NC(C=O)CCC(=O)NCCOCCOCC(=O)NCC(=O)O)C(=O)O. The van der Waals surface area contributed by atoms with Gasteiger partial charge in [-0.2, -0.15) is 5.21 Å². The number of aromatic amines is 1. The van der Waals surface area contributed by atoms with Gasteiger partial charge in [-0.15, -0.1) is 10.2 Å². The first-order valence-electron chi connectivity index (χ1n) is 20.4. The van der Waals surface area contributed by atoms with E-state index in [0.717, 1.165) is 0 Å². The molecule has 9 N–H and O–H groups in total. The number of amides is 5. The average Bonchev–Trinajstić information content (AvgIpc) is 3.78. The van der Waals surface area contributed by atoms with Crippen LogP contribution in [0.5, 0.6) is 0 Å². The number of H-pyrrole nitrogens is 1. The van der Waals surface area contributed by atoms with Crippen molar-refractivity contribution in [3.63, 3.8) is 0 Å². The van der Waals surface area contributed by atoms with Crippen LogP contribution in [0.4, 0.5) is 0 Å². The molecule has 0 spiro atoms. The van der Waals surface area contributed by atoms with E-state index in [0.29, 0.717) is 24.4 Å². The van der Waals surface area contributed by atoms with Crippen molar-refractivity contribution in [1.82, 2.24) is 51.9 Å². The number of aliphatic carboxylic acids is 2. The molecule has 2 radical (unpaired) electrons. The van der Waals surface area contributed by atoms with Crippen LogP contribution in [0.1, 0.15) is 71.5 Å². The Hall–Kier alpha value is -5.58. The van der Waals surface area contributed by atoms with Gasteiger partial charge in [0.2, 0.25) is 39.6 Å². The minimum Gasteiger partial charge on any atom is -0.480 e. The molecule has 1 aromatic rings. The predicted octanol–water partition coefficient (Wildman–Crippen LogP) is -3.26. The molecule has 3 atom stereocenters. The van der Waals surface area contributed by atoms with Crippen molar-refractivity contribution >= 4 is 65.6 Å². The standard InChI is InChI=1S/C37H61BN10O16S/c1-25(6-5-19-65(59,60)46-35(58)37(4,38)24-36(2,3)34-44-47-48-45-34)39-11-13-61-16-18-64-23-31(53)43-27(33(56)57)8-10-29(51)42-26(21-49)7-9-28(50)40-12-14-62-15-17-63-22-30(52)41-20-32(54)55/h21,26-27,39H,1,5-20,22-24H2,2-4H3,(H,40,50)(H,41,52)(H,42,51)(H,43,53)(H,46,58)(H,54,55)(H,56,57)(H,44,45,47,48). The van der Waals surface area contributed by atoms with Gasteiger partial charge < -0.3 is 60.5 Å². The summed E-state index contributed by atoms with van der Waals surface area (Å²) in [6.45, 7) is 8.43. The number of rotatable bonds is 38. The van der Waals surface area contributed by atoms with E-state index in [1.54, 1.807) is 13.8 Å². The smallest absolute Gasteiger partial charge is 0.326 e. The molecule has 0 aromatic carbocycles. The third-order valence-electron chi connectivity index (χ3n) is 8.74. The highest BCUT2D eigenvalue weighted by Gasteiger charge is 2.38. The molecule has 5 amide bonds. The van der Waals surface area contributed by atoms with Crippen molar-refractivity contribution in [3.8, 4) is 0 Å². The fourth-order valence-corrected chi connectivity index (χ4v) is 6.70. The molecular formula is C37H61BN10O16S. The Morgan fingerprint density at radius 3 is 1.98 bits per heavy atom. The molecule has 0 saturated heterocycles. The summed E-state index contributed by atoms with van der Waals surface area (Å²) in [5, 5.41) is 42.5. The Morgan fingerprint density at radius 2 is 1.40 bits per heavy atom. The second-order valence-electron chi connectivity index (χ2n) is 15.3. The van der Waals surface area contributed by atoms with Crippen LogP contribution in [0, 0.1) is 0 Å². The Morgan fingerprint density at radius 1 is 0.800 bits per heavy atom. The van der Waals surface area contributed by atoms with Gasteiger partial charge in [0.1, 0.15) is 32.1 Å². The highest BCUT2D eigenvalue weighted by Crippen LogP contribution is 2.38. The lowest BCUT2D eigenvalue weighted by Gasteiger charge is -2.32. The number of allylic oxidation sites excluding steroid dienone is 1. The van der Waals surface area contributed by atoms with Crippen molar-refractivity contribution in [2.24, 2.45) is 0 Å². The van der Waals surface area contributed by atoms with Crippen LogP contribution in [0.15, 0.2) is 12.3 Å². The first-order chi connectivity index (χ1) is 30.6. The summed E-state index contributed by atoms with van der Waals surface area (Å²) >= 11 is 0. The molecule has 0 saturated carbocycles. The zero-order chi connectivity index (χ0) is 48.9. The van der Waals surface area contributed by atoms with Gasteiger partial charge in [-0.3, -0.25) is 33.5 Å². The summed E-state index contributed by atoms with van der Waals surface area (Å²) in [4.78, 5) is 94.4. The van der Waals surface area contributed by atoms with Crippen LogP contribution in [0.2, 0.25) is 5.31 Å². The molecule has 65 heavy (non-hydrogen) atoms. The van der Waals surface area contributed by atoms with E-state index in [4.69, 9.17) is 31.9 Å². The molecule has 0 aliphatic carbocycles. The van der Waals surface area contributed by atoms with E-state index in [2.05, 4.69) is 53.8 Å². The summed E-state index contributed by atoms with van der Waals surface area (Å²) in [5.74, 6) is -5.93. The summed E-state index contributed by atoms with van der Waals surface area (Å²) in [7, 11) is 2.18. The van der Waals surface area contributed by atoms with Crippen molar-refractivity contribution in [2.75, 3.05) is 78.2 Å². The molecule has 1 aromatic heterocycles. The summed E-state index contributed by atoms with van der Waals surface area (Å²) in [6.07, 6.45) is 0.112. The van der Waals surface area contributed by atoms with Crippen LogP contribution in [-0.4, -0.2) is 185 Å². The van der Waals surface area contributed by atoms with Crippen LogP contribution < -0.4 is 31.3 Å². The number of hydrogen-bond donors (Lipinski definition) is 9. The maximum absolute atomic E-state index is 12.8. The number of carboxylic acids is 2. The number of nitrogens with zero attached hydrogens (tertiary/aromatic N) is 3. The van der Waals surface area contributed by atoms with Crippen LogP contribution in [0.25, 0.3) is 0 Å². The predicted molar refractivity (Wildman–Crippen MR) is 227 cm³/mol. The van der Waals surface area contributed by atoms with Crippen LogP contribution in [-0.2, 0) is 72.7 Å². The Labute approximate surface area is 377 Å². The molecule has 0 aliphatic rings. The molecule has 1 rings (SSSR count). The van der Waals surface area contributed by atoms with Gasteiger partial charge in [0.05, 0.1) is 59.3 Å². The lowest BCUT2D eigenvalue weighted by atomic mass is 9.61. The second kappa shape index (κ2) is 30.5. The van der Waals surface area contributed by atoms with Crippen LogP contribution >= 0.6 is 0 Å². The van der Waals surface area contributed by atoms with Crippen molar-refractivity contribution in [3.05, 3.63) is 18.1 Å². The van der Waals surface area contributed by atoms with Crippen molar-refractivity contribution in [2.45, 2.75) is 88.5 Å². The highest BCUT2D eigenvalue weighted by molar-refractivity contribution is 7.90. The molecular weight excluding hydrogens is 883 g/mol. The van der Waals surface area contributed by atoms with E-state index in [1.807, 2.05) is 4.72 Å². The Kier molecular flexibility index (Phi) is 27.0. The minimum absolute atomic E-state index is 0.00885. The van der Waals surface area contributed by atoms with Gasteiger partial charge in [0.15, 0.2) is 5.82 Å². The topological polar surface area (TPSA) is 375 Å². The number of sulfonamides is 1. The molecule has 0 fully saturated rings. The number of hydrogen-bond acceptors (Lipinski definition) is 18. The zero-order valence-electron chi connectivity index (χ0n) is 36.8. The third-order valence-corrected chi connectivity index (χ3v) is 10.1. The molecule has 28 heteroatoms. The number of carboxylic acid groups (broad SMARTS) is 2. The molecule has 0 aliphatic heterocycles. The fraction of sp³-hybridized carbons (Fsp3) is 0.703. The number of aromatic nitrogens is 4. The number of ether oxygens (including phenoxy) is 4. The third kappa shape index (κ3) is 27.4. The van der Waals surface area contributed by atoms with Gasteiger partial charge in [0, 0.05) is 42.4 Å². The largest absolute Gasteiger partial charge is 0.480 e. The van der Waals surface area contributed by atoms with E-state index in [1.165, 1.54) is 6.92 Å². The van der Waals surface area contributed by atoms with E-state index >= 15 is 0 Å². The van der Waals surface area contributed by atoms with Gasteiger partial charge >= 0.3 is 11.9 Å². The number of tetrazole rings is 1. The zero-order valence-corrected chi connectivity index (χ0v) is 37.6. The maximum Gasteiger partial charge on any atom is 0.326 e. The molecule has 26 nitrogen and oxygen atoms in total. The quantitative estimate of drug-likeness (QED) is 0.0178. The Balaban J connectivity index is 2.19. The lowest BCUT2D eigenvalue weighted by molar-refractivity contribution is -0.143. The molecule has 3 unspecified atom stereocenters. The number of carbonyl (C=O) groups excluding carboxylic acids is 6. The second-order valence-corrected chi connectivity index (χ2v) is 17.1. The van der Waals surface area contributed by atoms with Crippen LogP contribution in [0.3, 0.4) is 0 Å². The maximum atomic E-state index is 12.8. The van der Waals surface area contributed by atoms with Gasteiger partial charge in [-0.25, -0.2) is 13.2 Å². The monoisotopic (exact) mass is 944 g/mol. The minimum atomic E-state index is -4.00. The first kappa shape index (κ1) is 57.4. The van der Waals surface area contributed by atoms with Gasteiger partial charge in [0.25, 0.3) is 0 Å².